The zero-order chi connectivity index (χ0) is 55.2. The van der Waals surface area contributed by atoms with Gasteiger partial charge < -0.3 is 48.3 Å². The summed E-state index contributed by atoms with van der Waals surface area (Å²) >= 11 is 0. The lowest BCUT2D eigenvalue weighted by Gasteiger charge is -2.46. The summed E-state index contributed by atoms with van der Waals surface area (Å²) in [6, 6.07) is 56.9. The molecule has 0 aromatic heterocycles. The van der Waals surface area contributed by atoms with Crippen molar-refractivity contribution in [3.63, 3.8) is 0 Å². The predicted octanol–water partition coefficient (Wildman–Crippen LogP) is 10.3. The fraction of sp³-hybridized carbons (Fsp3) is 0.356. The molecule has 1 aliphatic rings. The minimum atomic E-state index is -4.60. The summed E-state index contributed by atoms with van der Waals surface area (Å²) in [7, 11) is -4.60. The number of phosphoric acid groups is 1. The molecule has 1 heterocycles. The molecule has 1 amide bonds. The first-order valence-electron chi connectivity index (χ1n) is 25.9. The Morgan fingerprint density at radius 2 is 1.11 bits per heavy atom. The van der Waals surface area contributed by atoms with E-state index < -0.39 is 76.1 Å². The number of rotatable bonds is 34. The molecule has 4 unspecified atom stereocenters. The van der Waals surface area contributed by atoms with Gasteiger partial charge in [0.1, 0.15) is 49.3 Å². The van der Waals surface area contributed by atoms with Crippen molar-refractivity contribution in [1.82, 2.24) is 5.32 Å². The quantitative estimate of drug-likeness (QED) is 0.0126. The van der Waals surface area contributed by atoms with E-state index in [0.29, 0.717) is 0 Å². The largest absolute Gasteiger partial charge is 0.474 e. The van der Waals surface area contributed by atoms with Gasteiger partial charge in [0.25, 0.3) is 0 Å². The molecule has 79 heavy (non-hydrogen) atoms. The van der Waals surface area contributed by atoms with Gasteiger partial charge in [-0.25, -0.2) is 9.36 Å². The number of phosphoric ester groups is 1. The zero-order valence-corrected chi connectivity index (χ0v) is 44.5. The van der Waals surface area contributed by atoms with E-state index in [2.05, 4.69) is 15.3 Å². The number of alkyl carbamates (subject to hydrolysis) is 1. The summed E-state index contributed by atoms with van der Waals surface area (Å²) in [6.07, 6.45) is -9.24. The maximum absolute atomic E-state index is 14.6. The Morgan fingerprint density at radius 3 is 1.62 bits per heavy atom. The number of carbonyl (C=O) groups excluding carboxylic acids is 1. The molecular weight excluding hydrogens is 1030 g/mol. The van der Waals surface area contributed by atoms with Crippen LogP contribution >= 0.6 is 7.82 Å². The minimum absolute atomic E-state index is 0.00267. The highest BCUT2D eigenvalue weighted by molar-refractivity contribution is 7.48. The van der Waals surface area contributed by atoms with Crippen LogP contribution in [0.1, 0.15) is 39.8 Å². The van der Waals surface area contributed by atoms with E-state index in [9.17, 15) is 25.3 Å². The first-order chi connectivity index (χ1) is 38.8. The van der Waals surface area contributed by atoms with Crippen LogP contribution in [0.25, 0.3) is 10.4 Å². The number of amides is 1. The lowest BCUT2D eigenvalue weighted by molar-refractivity contribution is -0.314. The summed E-state index contributed by atoms with van der Waals surface area (Å²) in [6.45, 7) is -1.78. The normalized spacial score (nSPS) is 18.9. The van der Waals surface area contributed by atoms with Gasteiger partial charge in [-0.3, -0.25) is 13.6 Å². The van der Waals surface area contributed by atoms with Crippen molar-refractivity contribution in [1.29, 1.82) is 5.26 Å². The third kappa shape index (κ3) is 20.4. The van der Waals surface area contributed by atoms with Crippen LogP contribution in [0, 0.1) is 11.3 Å². The number of azide groups is 1. The molecule has 6 aromatic rings. The van der Waals surface area contributed by atoms with Crippen LogP contribution in [0.2, 0.25) is 0 Å². The van der Waals surface area contributed by atoms with Crippen molar-refractivity contribution in [2.24, 2.45) is 5.11 Å². The van der Waals surface area contributed by atoms with Crippen LogP contribution in [-0.4, -0.2) is 99.7 Å². The summed E-state index contributed by atoms with van der Waals surface area (Å²) < 4.78 is 84.2. The summed E-state index contributed by atoms with van der Waals surface area (Å²) in [4.78, 5) is 15.9. The lowest BCUT2D eigenvalue weighted by Crippen LogP contribution is -2.62. The first-order valence-corrected chi connectivity index (χ1v) is 27.3. The molecule has 2 N–H and O–H groups in total. The van der Waals surface area contributed by atoms with Crippen molar-refractivity contribution >= 4 is 13.9 Å². The lowest BCUT2D eigenvalue weighted by atomic mass is 9.96. The van der Waals surface area contributed by atoms with Crippen LogP contribution in [0.4, 0.5) is 4.79 Å². The fourth-order valence-electron chi connectivity index (χ4n) is 8.29. The van der Waals surface area contributed by atoms with Gasteiger partial charge in [-0.1, -0.05) is 187 Å². The molecule has 6 aromatic carbocycles. The van der Waals surface area contributed by atoms with Gasteiger partial charge in [-0.05, 0) is 38.9 Å². The SMILES string of the molecule is N#CCCOP(=O)(OCCNC(=O)OCc1ccccc1)OCC(OCc1ccccc1)C(O[C@@H]1O[C@H](COCc2ccccc2)[C@@H](OCc2ccccc2)[C@H](OCc2ccccc2)[C@H]1N=[N+]=[N-])C(CO)OCc1ccccc1. The number of nitriles is 1. The molecule has 0 saturated carbocycles. The number of nitrogens with one attached hydrogen (secondary N) is 1. The third-order valence-corrected chi connectivity index (χ3v) is 13.7. The van der Waals surface area contributed by atoms with Gasteiger partial charge in [0.2, 0.25) is 0 Å². The average molecular weight is 1100 g/mol. The Balaban J connectivity index is 1.22. The molecule has 9 atom stereocenters. The van der Waals surface area contributed by atoms with Crippen LogP contribution in [0.15, 0.2) is 187 Å². The molecular formula is C59H66N5O14P. The summed E-state index contributed by atoms with van der Waals surface area (Å²) in [5.41, 5.74) is 15.2. The van der Waals surface area contributed by atoms with Gasteiger partial charge in [-0.15, -0.1) is 0 Å². The van der Waals surface area contributed by atoms with Crippen LogP contribution in [0.3, 0.4) is 0 Å². The van der Waals surface area contributed by atoms with Gasteiger partial charge in [0, 0.05) is 11.5 Å². The van der Waals surface area contributed by atoms with Crippen molar-refractivity contribution < 1.29 is 65.9 Å². The fourth-order valence-corrected chi connectivity index (χ4v) is 9.47. The number of hydrogen-bond acceptors (Lipinski definition) is 16. The molecule has 0 radical (unpaired) electrons. The van der Waals surface area contributed by atoms with Crippen molar-refractivity contribution in [3.05, 3.63) is 226 Å². The molecule has 0 aliphatic carbocycles. The molecule has 1 saturated heterocycles. The van der Waals surface area contributed by atoms with E-state index >= 15 is 0 Å². The molecule has 1 fully saturated rings. The Kier molecular flexibility index (Phi) is 25.4. The van der Waals surface area contributed by atoms with Crippen LogP contribution < -0.4 is 5.32 Å². The first kappa shape index (κ1) is 59.8. The van der Waals surface area contributed by atoms with Crippen molar-refractivity contribution in [3.8, 4) is 6.07 Å². The Labute approximate surface area is 460 Å². The number of nitrogens with zero attached hydrogens (tertiary/aromatic N) is 4. The highest BCUT2D eigenvalue weighted by Crippen LogP contribution is 2.50. The molecule has 19 nitrogen and oxygen atoms in total. The highest BCUT2D eigenvalue weighted by Gasteiger charge is 2.50. The number of aliphatic hydroxyl groups excluding tert-OH is 1. The number of hydrogen-bond donors (Lipinski definition) is 2. The molecule has 7 rings (SSSR count). The summed E-state index contributed by atoms with van der Waals surface area (Å²) in [5, 5.41) is 27.6. The maximum atomic E-state index is 14.6. The molecule has 0 spiro atoms. The van der Waals surface area contributed by atoms with Crippen LogP contribution in [-0.2, 0) is 95.7 Å². The Morgan fingerprint density at radius 1 is 0.646 bits per heavy atom. The third-order valence-electron chi connectivity index (χ3n) is 12.3. The van der Waals surface area contributed by atoms with Gasteiger partial charge in [-0.2, -0.15) is 5.26 Å². The van der Waals surface area contributed by atoms with E-state index in [1.54, 1.807) is 0 Å². The molecule has 416 valence electrons. The number of aliphatic hydroxyl groups is 1. The van der Waals surface area contributed by atoms with E-state index in [1.165, 1.54) is 0 Å². The monoisotopic (exact) mass is 1100 g/mol. The Hall–Kier alpha value is -6.82. The van der Waals surface area contributed by atoms with E-state index in [0.717, 1.165) is 33.4 Å². The Bertz CT molecular complexity index is 2790. The van der Waals surface area contributed by atoms with Crippen molar-refractivity contribution in [2.75, 3.05) is 39.6 Å². The average Bonchev–Trinajstić information content (AvgIpc) is 3.57. The smallest absolute Gasteiger partial charge is 0.445 e. The highest BCUT2D eigenvalue weighted by atomic mass is 31.2. The number of ether oxygens (including phenoxy) is 8. The second kappa shape index (κ2) is 33.6. The van der Waals surface area contributed by atoms with E-state index in [-0.39, 0.29) is 72.4 Å². The topological polar surface area (TPSA) is 240 Å². The minimum Gasteiger partial charge on any atom is -0.445 e. The number of benzene rings is 6. The van der Waals surface area contributed by atoms with Gasteiger partial charge >= 0.3 is 13.9 Å². The van der Waals surface area contributed by atoms with E-state index in [1.807, 2.05) is 188 Å². The molecule has 1 aliphatic heterocycles. The van der Waals surface area contributed by atoms with Gasteiger partial charge in [0.15, 0.2) is 6.29 Å². The molecule has 20 heteroatoms. The van der Waals surface area contributed by atoms with E-state index in [4.69, 9.17) is 51.5 Å². The number of carbonyl (C=O) groups is 1. The molecule has 0 bridgehead atoms. The van der Waals surface area contributed by atoms with Crippen LogP contribution in [0.5, 0.6) is 0 Å². The van der Waals surface area contributed by atoms with Crippen molar-refractivity contribution in [2.45, 2.75) is 95.0 Å². The maximum Gasteiger partial charge on any atom is 0.474 e. The van der Waals surface area contributed by atoms with Gasteiger partial charge in [0.05, 0.1) is 78.6 Å². The summed E-state index contributed by atoms with van der Waals surface area (Å²) in [5.74, 6) is 0. The second-order valence-corrected chi connectivity index (χ2v) is 19.7. The predicted molar refractivity (Wildman–Crippen MR) is 290 cm³/mol. The standard InChI is InChI=1S/C59H66N5O14P/c60-32-19-34-74-79(67,75-35-33-62-59(66)73-42-50-30-17-6-18-31-50)76-44-52(70-39-47-24-11-3-12-25-47)55(51(36-65)69-38-46-22-9-2-10-23-46)78-58-54(63-64-61)57(72-41-49-28-15-5-16-29-49)56(71-40-48-26-13-4-14-27-48)53(77-58)43-68-37-45-20-7-1-8-21-45/h1-18,20-31,51-58,65H,19,33-44H2,(H,62,66)/t51?,52?,53-,54-,55?,56-,57-,58+,79?/m1/s1. The zero-order valence-electron chi connectivity index (χ0n) is 43.6. The second-order valence-electron chi connectivity index (χ2n) is 18.0.